The van der Waals surface area contributed by atoms with Crippen LogP contribution in [0.4, 0.5) is 0 Å². The van der Waals surface area contributed by atoms with Gasteiger partial charge >= 0.3 is 0 Å². The normalized spacial score (nSPS) is 12.1. The van der Waals surface area contributed by atoms with Crippen LogP contribution in [-0.2, 0) is 20.0 Å². The molecular formula is C12H14N4O5S2. The molecule has 2 rings (SSSR count). The summed E-state index contributed by atoms with van der Waals surface area (Å²) in [6.07, 6.45) is 0. The highest BCUT2D eigenvalue weighted by molar-refractivity contribution is 7.89. The van der Waals surface area contributed by atoms with Crippen molar-refractivity contribution in [1.82, 2.24) is 9.66 Å². The van der Waals surface area contributed by atoms with Crippen LogP contribution in [0.3, 0.4) is 0 Å². The van der Waals surface area contributed by atoms with Crippen molar-refractivity contribution in [3.05, 3.63) is 48.5 Å². The van der Waals surface area contributed by atoms with Crippen LogP contribution in [0, 0.1) is 0 Å². The van der Waals surface area contributed by atoms with Crippen LogP contribution in [0.2, 0.25) is 0 Å². The molecule has 0 bridgehead atoms. The molecule has 23 heavy (non-hydrogen) atoms. The molecule has 2 aromatic carbocycles. The van der Waals surface area contributed by atoms with Crippen LogP contribution in [0.5, 0.6) is 11.5 Å². The predicted molar refractivity (Wildman–Crippen MR) is 82.0 cm³/mol. The molecule has 0 saturated carbocycles. The quantitative estimate of drug-likeness (QED) is 0.411. The summed E-state index contributed by atoms with van der Waals surface area (Å²) in [4.78, 5) is 3.40. The van der Waals surface area contributed by atoms with Crippen molar-refractivity contribution >= 4 is 20.0 Å². The largest absolute Gasteiger partial charge is 0.457 e. The fraction of sp³-hybridized carbons (Fsp3) is 0. The highest BCUT2D eigenvalue weighted by atomic mass is 32.2. The number of benzene rings is 2. The molecule has 0 atom stereocenters. The Balaban J connectivity index is 2.17. The van der Waals surface area contributed by atoms with E-state index in [1.165, 1.54) is 48.5 Å². The highest BCUT2D eigenvalue weighted by Crippen LogP contribution is 2.24. The molecule has 11 heteroatoms. The molecule has 9 nitrogen and oxygen atoms in total. The number of hydrogen-bond donors (Lipinski definition) is 4. The molecule has 0 aromatic heterocycles. The third-order valence-electron chi connectivity index (χ3n) is 2.81. The minimum atomic E-state index is -3.73. The Hall–Kier alpha value is -2.02. The number of hydrogen-bond acceptors (Lipinski definition) is 7. The van der Waals surface area contributed by atoms with E-state index in [0.29, 0.717) is 11.5 Å². The van der Waals surface area contributed by atoms with Crippen molar-refractivity contribution in [3.63, 3.8) is 0 Å². The summed E-state index contributed by atoms with van der Waals surface area (Å²) in [6, 6.07) is 11.0. The lowest BCUT2D eigenvalue weighted by atomic mass is 10.3. The van der Waals surface area contributed by atoms with E-state index in [1.54, 1.807) is 9.66 Å². The first-order chi connectivity index (χ1) is 10.8. The maximum absolute atomic E-state index is 11.5. The Kier molecular flexibility index (Phi) is 4.99. The number of nitrogens with one attached hydrogen (secondary N) is 2. The molecule has 0 heterocycles. The van der Waals surface area contributed by atoms with Gasteiger partial charge in [-0.05, 0) is 48.5 Å². The maximum atomic E-state index is 11.5. The van der Waals surface area contributed by atoms with Gasteiger partial charge in [0.1, 0.15) is 11.5 Å². The minimum Gasteiger partial charge on any atom is -0.457 e. The van der Waals surface area contributed by atoms with Gasteiger partial charge in [-0.2, -0.15) is 9.66 Å². The Morgan fingerprint density at radius 1 is 0.652 bits per heavy atom. The number of hydrazine groups is 2. The summed E-state index contributed by atoms with van der Waals surface area (Å²) >= 11 is 0. The average molecular weight is 358 g/mol. The summed E-state index contributed by atoms with van der Waals surface area (Å²) in [5.74, 6) is 10.6. The van der Waals surface area contributed by atoms with Gasteiger partial charge in [0.05, 0.1) is 9.79 Å². The van der Waals surface area contributed by atoms with Gasteiger partial charge in [-0.1, -0.05) is 0 Å². The monoisotopic (exact) mass is 358 g/mol. The molecule has 0 aliphatic carbocycles. The Bertz CT molecular complexity index is 803. The number of rotatable bonds is 6. The lowest BCUT2D eigenvalue weighted by molar-refractivity contribution is 0.481. The predicted octanol–water partition coefficient (Wildman–Crippen LogP) is -0.217. The van der Waals surface area contributed by atoms with Gasteiger partial charge in [-0.25, -0.2) is 16.8 Å². The van der Waals surface area contributed by atoms with E-state index < -0.39 is 20.0 Å². The van der Waals surface area contributed by atoms with Crippen LogP contribution < -0.4 is 26.1 Å². The number of ether oxygens (including phenoxy) is 1. The van der Waals surface area contributed by atoms with E-state index >= 15 is 0 Å². The van der Waals surface area contributed by atoms with Crippen molar-refractivity contribution in [3.8, 4) is 11.5 Å². The van der Waals surface area contributed by atoms with Gasteiger partial charge < -0.3 is 4.74 Å². The summed E-state index contributed by atoms with van der Waals surface area (Å²) in [5.41, 5.74) is 0. The van der Waals surface area contributed by atoms with Gasteiger partial charge in [0.2, 0.25) is 0 Å². The van der Waals surface area contributed by atoms with Crippen molar-refractivity contribution in [2.24, 2.45) is 11.7 Å². The van der Waals surface area contributed by atoms with Crippen LogP contribution in [0.15, 0.2) is 58.3 Å². The van der Waals surface area contributed by atoms with Crippen LogP contribution in [0.25, 0.3) is 0 Å². The van der Waals surface area contributed by atoms with E-state index in [-0.39, 0.29) is 9.79 Å². The molecule has 0 aliphatic rings. The average Bonchev–Trinajstić information content (AvgIpc) is 2.56. The first kappa shape index (κ1) is 17.3. The molecule has 0 radical (unpaired) electrons. The molecule has 0 saturated heterocycles. The SMILES string of the molecule is NNS(=O)(=O)c1ccc(Oc2ccc(S(=O)(=O)NN)cc2)cc1. The molecule has 0 spiro atoms. The lowest BCUT2D eigenvalue weighted by Crippen LogP contribution is -2.30. The van der Waals surface area contributed by atoms with Crippen LogP contribution >= 0.6 is 0 Å². The highest BCUT2D eigenvalue weighted by Gasteiger charge is 2.13. The number of sulfonamides is 2. The molecule has 0 fully saturated rings. The van der Waals surface area contributed by atoms with E-state index in [1.807, 2.05) is 0 Å². The fourth-order valence-electron chi connectivity index (χ4n) is 1.65. The zero-order valence-electron chi connectivity index (χ0n) is 11.6. The second-order valence-corrected chi connectivity index (χ2v) is 7.72. The molecule has 0 aliphatic heterocycles. The molecule has 2 aromatic rings. The zero-order chi connectivity index (χ0) is 17.1. The first-order valence-corrected chi connectivity index (χ1v) is 9.08. The summed E-state index contributed by atoms with van der Waals surface area (Å²) in [6.45, 7) is 0. The van der Waals surface area contributed by atoms with Gasteiger partial charge in [-0.15, -0.1) is 0 Å². The smallest absolute Gasteiger partial charge is 0.253 e. The first-order valence-electron chi connectivity index (χ1n) is 6.11. The minimum absolute atomic E-state index is 0.0113. The maximum Gasteiger partial charge on any atom is 0.253 e. The van der Waals surface area contributed by atoms with Gasteiger partial charge in [0.15, 0.2) is 0 Å². The summed E-state index contributed by atoms with van der Waals surface area (Å²) in [7, 11) is -7.45. The number of nitrogens with two attached hydrogens (primary N) is 2. The summed E-state index contributed by atoms with van der Waals surface area (Å²) < 4.78 is 51.4. The molecular weight excluding hydrogens is 344 g/mol. The zero-order valence-corrected chi connectivity index (χ0v) is 13.3. The standard InChI is InChI=1S/C12H14N4O5S2/c13-15-22(17,18)11-5-1-9(2-6-11)21-10-3-7-12(8-4-10)23(19,20)16-14/h1-8,15-16H,13-14H2. The molecule has 0 unspecified atom stereocenters. The third kappa shape index (κ3) is 4.04. The van der Waals surface area contributed by atoms with E-state index in [9.17, 15) is 16.8 Å². The second kappa shape index (κ2) is 6.62. The van der Waals surface area contributed by atoms with Crippen molar-refractivity contribution < 1.29 is 21.6 Å². The second-order valence-electron chi connectivity index (χ2n) is 4.29. The third-order valence-corrected chi connectivity index (χ3v) is 5.22. The van der Waals surface area contributed by atoms with Gasteiger partial charge in [0, 0.05) is 0 Å². The Labute approximate surface area is 133 Å². The van der Waals surface area contributed by atoms with Gasteiger partial charge in [-0.3, -0.25) is 11.7 Å². The Morgan fingerprint density at radius 2 is 0.957 bits per heavy atom. The van der Waals surface area contributed by atoms with E-state index in [4.69, 9.17) is 16.4 Å². The van der Waals surface area contributed by atoms with Crippen molar-refractivity contribution in [1.29, 1.82) is 0 Å². The van der Waals surface area contributed by atoms with Crippen LogP contribution in [-0.4, -0.2) is 16.8 Å². The van der Waals surface area contributed by atoms with Gasteiger partial charge in [0.25, 0.3) is 20.0 Å². The van der Waals surface area contributed by atoms with Crippen molar-refractivity contribution in [2.75, 3.05) is 0 Å². The van der Waals surface area contributed by atoms with Crippen molar-refractivity contribution in [2.45, 2.75) is 9.79 Å². The fourth-order valence-corrected chi connectivity index (χ4v) is 2.91. The van der Waals surface area contributed by atoms with E-state index in [0.717, 1.165) is 0 Å². The lowest BCUT2D eigenvalue weighted by Gasteiger charge is -2.08. The molecule has 0 amide bonds. The molecule has 124 valence electrons. The Morgan fingerprint density at radius 3 is 1.22 bits per heavy atom. The van der Waals surface area contributed by atoms with Crippen LogP contribution in [0.1, 0.15) is 0 Å². The van der Waals surface area contributed by atoms with E-state index in [2.05, 4.69) is 0 Å². The topological polar surface area (TPSA) is 154 Å². The summed E-state index contributed by atoms with van der Waals surface area (Å²) in [5, 5.41) is 0. The molecule has 6 N–H and O–H groups in total.